The summed E-state index contributed by atoms with van der Waals surface area (Å²) < 4.78 is 5.27. The zero-order valence-corrected chi connectivity index (χ0v) is 10.1. The van der Waals surface area contributed by atoms with Gasteiger partial charge in [-0.25, -0.2) is 4.79 Å². The Kier molecular flexibility index (Phi) is 3.22. The van der Waals surface area contributed by atoms with E-state index in [4.69, 9.17) is 4.74 Å². The Morgan fingerprint density at radius 3 is 2.76 bits per heavy atom. The van der Waals surface area contributed by atoms with Gasteiger partial charge in [0.15, 0.2) is 0 Å². The lowest BCUT2D eigenvalue weighted by Crippen LogP contribution is -2.32. The van der Waals surface area contributed by atoms with Crippen LogP contribution in [-0.4, -0.2) is 34.8 Å². The van der Waals surface area contributed by atoms with Crippen LogP contribution < -0.4 is 0 Å². The summed E-state index contributed by atoms with van der Waals surface area (Å²) in [6.45, 7) is 4.51. The molecule has 1 aliphatic rings. The Balaban J connectivity index is 2.03. The van der Waals surface area contributed by atoms with Crippen molar-refractivity contribution in [1.29, 1.82) is 0 Å². The second-order valence-electron chi connectivity index (χ2n) is 4.58. The maximum atomic E-state index is 11.5. The molecule has 0 radical (unpaired) electrons. The van der Waals surface area contributed by atoms with Crippen LogP contribution in [0.5, 0.6) is 5.75 Å². The SMILES string of the molecule is CC(C)N1CC(Cc2ccccc2O)OC1=O. The molecule has 17 heavy (non-hydrogen) atoms. The predicted molar refractivity (Wildman–Crippen MR) is 63.9 cm³/mol. The third-order valence-electron chi connectivity index (χ3n) is 2.96. The second kappa shape index (κ2) is 4.65. The molecule has 1 fully saturated rings. The molecule has 1 heterocycles. The molecule has 92 valence electrons. The van der Waals surface area contributed by atoms with Crippen LogP contribution in [-0.2, 0) is 11.2 Å². The van der Waals surface area contributed by atoms with Gasteiger partial charge in [-0.1, -0.05) is 18.2 Å². The number of ether oxygens (including phenoxy) is 1. The Morgan fingerprint density at radius 1 is 1.47 bits per heavy atom. The fraction of sp³-hybridized carbons (Fsp3) is 0.462. The van der Waals surface area contributed by atoms with Crippen LogP contribution in [0.4, 0.5) is 4.79 Å². The van der Waals surface area contributed by atoms with Crippen LogP contribution in [0.2, 0.25) is 0 Å². The Labute approximate surface area is 101 Å². The smallest absolute Gasteiger partial charge is 0.410 e. The first-order valence-electron chi connectivity index (χ1n) is 5.82. The number of para-hydroxylation sites is 1. The van der Waals surface area contributed by atoms with Crippen LogP contribution in [0.25, 0.3) is 0 Å². The lowest BCUT2D eigenvalue weighted by atomic mass is 10.1. The summed E-state index contributed by atoms with van der Waals surface area (Å²) >= 11 is 0. The van der Waals surface area contributed by atoms with Crippen molar-refractivity contribution in [3.05, 3.63) is 29.8 Å². The minimum Gasteiger partial charge on any atom is -0.508 e. The van der Waals surface area contributed by atoms with Crippen molar-refractivity contribution >= 4 is 6.09 Å². The average Bonchev–Trinajstić information content (AvgIpc) is 2.63. The summed E-state index contributed by atoms with van der Waals surface area (Å²) in [6, 6.07) is 7.29. The average molecular weight is 235 g/mol. The number of carbonyl (C=O) groups is 1. The van der Waals surface area contributed by atoms with Gasteiger partial charge >= 0.3 is 6.09 Å². The molecule has 1 aromatic carbocycles. The summed E-state index contributed by atoms with van der Waals surface area (Å²) in [5.74, 6) is 0.256. The number of nitrogens with zero attached hydrogens (tertiary/aromatic N) is 1. The van der Waals surface area contributed by atoms with Crippen LogP contribution >= 0.6 is 0 Å². The fourth-order valence-corrected chi connectivity index (χ4v) is 2.00. The zero-order valence-electron chi connectivity index (χ0n) is 10.1. The molecule has 2 rings (SSSR count). The van der Waals surface area contributed by atoms with Crippen molar-refractivity contribution in [1.82, 2.24) is 4.90 Å². The first kappa shape index (κ1) is 11.8. The van der Waals surface area contributed by atoms with Crippen molar-refractivity contribution in [2.75, 3.05) is 6.54 Å². The Hall–Kier alpha value is -1.71. The molecule has 4 heteroatoms. The van der Waals surface area contributed by atoms with Gasteiger partial charge in [0.05, 0.1) is 6.54 Å². The summed E-state index contributed by atoms with van der Waals surface area (Å²) in [5.41, 5.74) is 0.816. The topological polar surface area (TPSA) is 49.8 Å². The first-order valence-corrected chi connectivity index (χ1v) is 5.82. The van der Waals surface area contributed by atoms with E-state index in [1.807, 2.05) is 26.0 Å². The van der Waals surface area contributed by atoms with Gasteiger partial charge in [-0.15, -0.1) is 0 Å². The molecule has 0 bridgehead atoms. The van der Waals surface area contributed by atoms with Gasteiger partial charge in [0.2, 0.25) is 0 Å². The number of hydrogen-bond donors (Lipinski definition) is 1. The van der Waals surface area contributed by atoms with Crippen LogP contribution in [0.15, 0.2) is 24.3 Å². The summed E-state index contributed by atoms with van der Waals surface area (Å²) in [4.78, 5) is 13.2. The number of hydrogen-bond acceptors (Lipinski definition) is 3. The van der Waals surface area contributed by atoms with E-state index in [9.17, 15) is 9.90 Å². The molecule has 0 aromatic heterocycles. The third-order valence-corrected chi connectivity index (χ3v) is 2.96. The van der Waals surface area contributed by atoms with Gasteiger partial charge in [0.1, 0.15) is 11.9 Å². The van der Waals surface area contributed by atoms with Crippen molar-refractivity contribution in [3.63, 3.8) is 0 Å². The molecule has 0 aliphatic carbocycles. The first-order chi connectivity index (χ1) is 8.08. The highest BCUT2D eigenvalue weighted by Crippen LogP contribution is 2.22. The number of carbonyl (C=O) groups excluding carboxylic acids is 1. The van der Waals surface area contributed by atoms with Crippen molar-refractivity contribution in [2.45, 2.75) is 32.4 Å². The monoisotopic (exact) mass is 235 g/mol. The molecular weight excluding hydrogens is 218 g/mol. The van der Waals surface area contributed by atoms with E-state index in [-0.39, 0.29) is 24.0 Å². The molecule has 1 saturated heterocycles. The lowest BCUT2D eigenvalue weighted by molar-refractivity contribution is 0.129. The molecule has 4 nitrogen and oxygen atoms in total. The lowest BCUT2D eigenvalue weighted by Gasteiger charge is -2.16. The molecule has 1 atom stereocenters. The number of benzene rings is 1. The quantitative estimate of drug-likeness (QED) is 0.873. The maximum Gasteiger partial charge on any atom is 0.410 e. The molecule has 1 aromatic rings. The van der Waals surface area contributed by atoms with Gasteiger partial charge in [-0.05, 0) is 25.5 Å². The molecule has 0 spiro atoms. The van der Waals surface area contributed by atoms with E-state index >= 15 is 0 Å². The zero-order chi connectivity index (χ0) is 12.4. The van der Waals surface area contributed by atoms with E-state index in [1.165, 1.54) is 0 Å². The number of amides is 1. The highest BCUT2D eigenvalue weighted by Gasteiger charge is 2.33. The van der Waals surface area contributed by atoms with Gasteiger partial charge in [0.25, 0.3) is 0 Å². The number of phenolic OH excluding ortho intramolecular Hbond substituents is 1. The van der Waals surface area contributed by atoms with Crippen molar-refractivity contribution < 1.29 is 14.6 Å². The van der Waals surface area contributed by atoms with E-state index in [2.05, 4.69) is 0 Å². The summed E-state index contributed by atoms with van der Waals surface area (Å²) in [7, 11) is 0. The van der Waals surface area contributed by atoms with Crippen molar-refractivity contribution in [3.8, 4) is 5.75 Å². The largest absolute Gasteiger partial charge is 0.508 e. The third kappa shape index (κ3) is 2.52. The molecule has 1 unspecified atom stereocenters. The van der Waals surface area contributed by atoms with E-state index in [0.717, 1.165) is 5.56 Å². The summed E-state index contributed by atoms with van der Waals surface area (Å²) in [5, 5.41) is 9.66. The number of aromatic hydroxyl groups is 1. The van der Waals surface area contributed by atoms with Gasteiger partial charge in [-0.2, -0.15) is 0 Å². The molecule has 1 aliphatic heterocycles. The minimum absolute atomic E-state index is 0.150. The highest BCUT2D eigenvalue weighted by molar-refractivity contribution is 5.70. The van der Waals surface area contributed by atoms with Crippen LogP contribution in [0, 0.1) is 0 Å². The van der Waals surface area contributed by atoms with Crippen molar-refractivity contribution in [2.24, 2.45) is 0 Å². The minimum atomic E-state index is -0.263. The Morgan fingerprint density at radius 2 is 2.18 bits per heavy atom. The second-order valence-corrected chi connectivity index (χ2v) is 4.58. The van der Waals surface area contributed by atoms with Gasteiger partial charge in [-0.3, -0.25) is 0 Å². The molecular formula is C13H17NO3. The normalized spacial score (nSPS) is 19.8. The Bertz CT molecular complexity index is 417. The standard InChI is InChI=1S/C13H17NO3/c1-9(2)14-8-11(17-13(14)16)7-10-5-3-4-6-12(10)15/h3-6,9,11,15H,7-8H2,1-2H3. The molecule has 1 N–H and O–H groups in total. The number of rotatable bonds is 3. The molecule has 0 saturated carbocycles. The number of phenols is 1. The summed E-state index contributed by atoms with van der Waals surface area (Å²) in [6.07, 6.45) is 0.125. The highest BCUT2D eigenvalue weighted by atomic mass is 16.6. The van der Waals surface area contributed by atoms with Crippen LogP contribution in [0.3, 0.4) is 0 Å². The maximum absolute atomic E-state index is 11.5. The van der Waals surface area contributed by atoms with E-state index in [1.54, 1.807) is 17.0 Å². The van der Waals surface area contributed by atoms with E-state index < -0.39 is 0 Å². The van der Waals surface area contributed by atoms with Gasteiger partial charge < -0.3 is 14.7 Å². The molecule has 1 amide bonds. The number of cyclic esters (lactones) is 1. The van der Waals surface area contributed by atoms with E-state index in [0.29, 0.717) is 13.0 Å². The fourth-order valence-electron chi connectivity index (χ4n) is 2.00. The van der Waals surface area contributed by atoms with Gasteiger partial charge in [0, 0.05) is 12.5 Å². The van der Waals surface area contributed by atoms with Crippen LogP contribution in [0.1, 0.15) is 19.4 Å². The predicted octanol–water partition coefficient (Wildman–Crippen LogP) is 2.16.